The van der Waals surface area contributed by atoms with Crippen LogP contribution in [0, 0.1) is 5.92 Å². The molecule has 0 spiro atoms. The molecule has 4 nitrogen and oxygen atoms in total. The molecule has 1 amide bonds. The van der Waals surface area contributed by atoms with Gasteiger partial charge in [-0.25, -0.2) is 0 Å². The number of carbonyl (C=O) groups excluding carboxylic acids is 2. The third-order valence-electron chi connectivity index (χ3n) is 5.78. The van der Waals surface area contributed by atoms with E-state index >= 15 is 0 Å². The number of hydrogen-bond donors (Lipinski definition) is 0. The predicted molar refractivity (Wildman–Crippen MR) is 102 cm³/mol. The van der Waals surface area contributed by atoms with Gasteiger partial charge in [-0.05, 0) is 56.2 Å². The van der Waals surface area contributed by atoms with Crippen molar-refractivity contribution < 1.29 is 14.3 Å². The van der Waals surface area contributed by atoms with Gasteiger partial charge in [0.1, 0.15) is 6.29 Å². The van der Waals surface area contributed by atoms with Crippen LogP contribution >= 0.6 is 11.6 Å². The van der Waals surface area contributed by atoms with Crippen LogP contribution < -0.4 is 0 Å². The minimum Gasteiger partial charge on any atom is -0.376 e. The van der Waals surface area contributed by atoms with Gasteiger partial charge in [-0.1, -0.05) is 30.7 Å². The molecule has 2 heterocycles. The number of halogens is 1. The maximum absolute atomic E-state index is 13.3. The van der Waals surface area contributed by atoms with Gasteiger partial charge in [-0.15, -0.1) is 0 Å². The van der Waals surface area contributed by atoms with Crippen LogP contribution in [0.2, 0.25) is 5.02 Å². The molecule has 2 aliphatic heterocycles. The maximum Gasteiger partial charge on any atom is 0.226 e. The van der Waals surface area contributed by atoms with Crippen molar-refractivity contribution in [1.82, 2.24) is 4.90 Å². The zero-order chi connectivity index (χ0) is 18.5. The molecule has 1 aromatic carbocycles. The third-order valence-corrected chi connectivity index (χ3v) is 6.04. The lowest BCUT2D eigenvalue weighted by molar-refractivity contribution is -0.153. The Morgan fingerprint density at radius 1 is 1.23 bits per heavy atom. The topological polar surface area (TPSA) is 46.6 Å². The number of hydrogen-bond acceptors (Lipinski definition) is 3. The molecule has 0 aliphatic carbocycles. The average molecular weight is 378 g/mol. The number of aldehydes is 1. The van der Waals surface area contributed by atoms with E-state index in [-0.39, 0.29) is 30.0 Å². The Hall–Kier alpha value is -1.39. The summed E-state index contributed by atoms with van der Waals surface area (Å²) in [6.45, 7) is 2.89. The van der Waals surface area contributed by atoms with Gasteiger partial charge in [0, 0.05) is 24.0 Å². The van der Waals surface area contributed by atoms with Crippen LogP contribution in [0.25, 0.3) is 0 Å². The van der Waals surface area contributed by atoms with E-state index in [1.54, 1.807) is 0 Å². The lowest BCUT2D eigenvalue weighted by atomic mass is 9.84. The highest BCUT2D eigenvalue weighted by Crippen LogP contribution is 2.39. The Morgan fingerprint density at radius 2 is 2.00 bits per heavy atom. The summed E-state index contributed by atoms with van der Waals surface area (Å²) >= 11 is 6.05. The van der Waals surface area contributed by atoms with Gasteiger partial charge in [0.05, 0.1) is 18.2 Å². The summed E-state index contributed by atoms with van der Waals surface area (Å²) in [7, 11) is 0. The van der Waals surface area contributed by atoms with Crippen LogP contribution in [-0.2, 0) is 14.3 Å². The van der Waals surface area contributed by atoms with Crippen molar-refractivity contribution in [3.05, 3.63) is 34.9 Å². The molecule has 1 aromatic rings. The summed E-state index contributed by atoms with van der Waals surface area (Å²) in [6.07, 6.45) is 6.98. The standard InChI is InChI=1S/C21H28ClNO3/c1-2-18(20-5-3-4-14-26-20)23-19(15-6-9-17(22)10-7-15)11-8-16(12-13-24)21(23)25/h6-7,9-10,13,16,18-20H,2-5,8,11-12,14H2,1H3/t16?,18?,19-,20?/m0/s1. The van der Waals surface area contributed by atoms with E-state index in [0.717, 1.165) is 57.0 Å². The molecule has 0 aromatic heterocycles. The lowest BCUT2D eigenvalue weighted by Gasteiger charge is -2.47. The number of ether oxygens (including phenoxy) is 1. The maximum atomic E-state index is 13.3. The largest absolute Gasteiger partial charge is 0.376 e. The van der Waals surface area contributed by atoms with E-state index in [4.69, 9.17) is 16.3 Å². The van der Waals surface area contributed by atoms with Crippen LogP contribution in [0.4, 0.5) is 0 Å². The molecule has 2 saturated heterocycles. The van der Waals surface area contributed by atoms with Gasteiger partial charge >= 0.3 is 0 Å². The first-order valence-electron chi connectivity index (χ1n) is 9.78. The Balaban J connectivity index is 1.91. The van der Waals surface area contributed by atoms with Gasteiger partial charge in [0.25, 0.3) is 0 Å². The molecule has 5 heteroatoms. The summed E-state index contributed by atoms with van der Waals surface area (Å²) in [5.41, 5.74) is 1.11. The molecule has 2 fully saturated rings. The third kappa shape index (κ3) is 4.12. The molecular formula is C21H28ClNO3. The van der Waals surface area contributed by atoms with E-state index in [0.29, 0.717) is 11.4 Å². The summed E-state index contributed by atoms with van der Waals surface area (Å²) in [6, 6.07) is 7.88. The Bertz CT molecular complexity index is 612. The zero-order valence-electron chi connectivity index (χ0n) is 15.4. The number of nitrogens with zero attached hydrogens (tertiary/aromatic N) is 1. The molecule has 3 unspecified atom stereocenters. The fourth-order valence-corrected chi connectivity index (χ4v) is 4.56. The fourth-order valence-electron chi connectivity index (χ4n) is 4.44. The molecule has 142 valence electrons. The van der Waals surface area contributed by atoms with Crippen molar-refractivity contribution in [3.8, 4) is 0 Å². The number of rotatable bonds is 6. The minimum absolute atomic E-state index is 0.0261. The number of benzene rings is 1. The smallest absolute Gasteiger partial charge is 0.226 e. The summed E-state index contributed by atoms with van der Waals surface area (Å²) in [5.74, 6) is -0.0991. The molecule has 4 atom stereocenters. The summed E-state index contributed by atoms with van der Waals surface area (Å²) in [5, 5.41) is 0.698. The average Bonchev–Trinajstić information content (AvgIpc) is 2.67. The molecular weight excluding hydrogens is 350 g/mol. The summed E-state index contributed by atoms with van der Waals surface area (Å²) < 4.78 is 6.05. The van der Waals surface area contributed by atoms with Crippen LogP contribution in [0.3, 0.4) is 0 Å². The quantitative estimate of drug-likeness (QED) is 0.683. The SMILES string of the molecule is CCC(C1CCCCO1)N1C(=O)C(CC=O)CC[C@H]1c1ccc(Cl)cc1. The van der Waals surface area contributed by atoms with E-state index in [1.807, 2.05) is 29.2 Å². The van der Waals surface area contributed by atoms with E-state index < -0.39 is 0 Å². The first kappa shape index (κ1) is 19.4. The van der Waals surface area contributed by atoms with E-state index in [2.05, 4.69) is 6.92 Å². The normalized spacial score (nSPS) is 28.0. The summed E-state index contributed by atoms with van der Waals surface area (Å²) in [4.78, 5) is 26.4. The molecule has 0 radical (unpaired) electrons. The number of amides is 1. The molecule has 0 saturated carbocycles. The van der Waals surface area contributed by atoms with Crippen molar-refractivity contribution in [2.45, 2.75) is 70.1 Å². The van der Waals surface area contributed by atoms with Gasteiger partial charge in [-0.3, -0.25) is 4.79 Å². The van der Waals surface area contributed by atoms with Crippen molar-refractivity contribution >= 4 is 23.8 Å². The van der Waals surface area contributed by atoms with Gasteiger partial charge in [-0.2, -0.15) is 0 Å². The van der Waals surface area contributed by atoms with Crippen molar-refractivity contribution in [1.29, 1.82) is 0 Å². The Labute approximate surface area is 160 Å². The number of carbonyl (C=O) groups is 2. The second kappa shape index (κ2) is 9.01. The van der Waals surface area contributed by atoms with Crippen molar-refractivity contribution in [2.75, 3.05) is 6.61 Å². The highest BCUT2D eigenvalue weighted by atomic mass is 35.5. The van der Waals surface area contributed by atoms with Gasteiger partial charge < -0.3 is 14.4 Å². The molecule has 26 heavy (non-hydrogen) atoms. The van der Waals surface area contributed by atoms with Crippen molar-refractivity contribution in [2.24, 2.45) is 5.92 Å². The van der Waals surface area contributed by atoms with Crippen LogP contribution in [0.5, 0.6) is 0 Å². The van der Waals surface area contributed by atoms with Gasteiger partial charge in [0.2, 0.25) is 5.91 Å². The Morgan fingerprint density at radius 3 is 2.62 bits per heavy atom. The fraction of sp³-hybridized carbons (Fsp3) is 0.619. The van der Waals surface area contributed by atoms with E-state index in [9.17, 15) is 9.59 Å². The van der Waals surface area contributed by atoms with E-state index in [1.165, 1.54) is 0 Å². The highest BCUT2D eigenvalue weighted by Gasteiger charge is 2.42. The molecule has 3 rings (SSSR count). The number of likely N-dealkylation sites (tertiary alicyclic amines) is 1. The van der Waals surface area contributed by atoms with Crippen LogP contribution in [0.15, 0.2) is 24.3 Å². The number of piperidine rings is 1. The monoisotopic (exact) mass is 377 g/mol. The first-order valence-corrected chi connectivity index (χ1v) is 10.2. The Kier molecular flexibility index (Phi) is 6.71. The van der Waals surface area contributed by atoms with Gasteiger partial charge in [0.15, 0.2) is 0 Å². The predicted octanol–water partition coefficient (Wildman–Crippen LogP) is 4.56. The van der Waals surface area contributed by atoms with Crippen LogP contribution in [-0.4, -0.2) is 35.8 Å². The highest BCUT2D eigenvalue weighted by molar-refractivity contribution is 6.30. The molecule has 0 bridgehead atoms. The first-order chi connectivity index (χ1) is 12.7. The second-order valence-corrected chi connectivity index (χ2v) is 7.81. The molecule has 2 aliphatic rings. The minimum atomic E-state index is -0.200. The van der Waals surface area contributed by atoms with Crippen molar-refractivity contribution in [3.63, 3.8) is 0 Å². The lowest BCUT2D eigenvalue weighted by Crippen LogP contribution is -2.54. The zero-order valence-corrected chi connectivity index (χ0v) is 16.2. The second-order valence-electron chi connectivity index (χ2n) is 7.37. The van der Waals surface area contributed by atoms with Crippen LogP contribution in [0.1, 0.15) is 63.5 Å². The molecule has 0 N–H and O–H groups in total.